The number of piperazine rings is 1. The van der Waals surface area contributed by atoms with Crippen molar-refractivity contribution in [3.8, 4) is 0 Å². The molecule has 49 heavy (non-hydrogen) atoms. The second kappa shape index (κ2) is 11.8. The number of rotatable bonds is 4. The third-order valence-electron chi connectivity index (χ3n) is 16.8. The minimum absolute atomic E-state index is 0.0185. The van der Waals surface area contributed by atoms with E-state index in [1.807, 2.05) is 12.1 Å². The minimum atomic E-state index is -0.865. The fraction of sp³-hybridized carbons (Fsp3) is 0.762. The molecule has 0 bridgehead atoms. The highest BCUT2D eigenvalue weighted by Crippen LogP contribution is 2.76. The number of nitrogens with zero attached hydrogens (tertiary/aromatic N) is 2. The summed E-state index contributed by atoms with van der Waals surface area (Å²) < 4.78 is 5.64. The van der Waals surface area contributed by atoms with Gasteiger partial charge in [0.25, 0.3) is 0 Å². The van der Waals surface area contributed by atoms with Gasteiger partial charge in [0.15, 0.2) is 0 Å². The largest absolute Gasteiger partial charge is 0.478 e. The van der Waals surface area contributed by atoms with Crippen molar-refractivity contribution in [2.45, 2.75) is 117 Å². The van der Waals surface area contributed by atoms with Gasteiger partial charge in [-0.15, -0.1) is 0 Å². The van der Waals surface area contributed by atoms with Crippen LogP contribution in [0.1, 0.15) is 121 Å². The summed E-state index contributed by atoms with van der Waals surface area (Å²) >= 11 is 0. The molecule has 0 spiro atoms. The summed E-state index contributed by atoms with van der Waals surface area (Å²) in [6, 6.07) is 8.31. The highest BCUT2D eigenvalue weighted by Gasteiger charge is 2.69. The van der Waals surface area contributed by atoms with Gasteiger partial charge in [0.1, 0.15) is 0 Å². The molecular formula is C42H61N3O4. The lowest BCUT2D eigenvalue weighted by Gasteiger charge is -2.72. The molecule has 2 amide bonds. The lowest BCUT2D eigenvalue weighted by molar-refractivity contribution is -0.216. The number of aromatic carboxylic acids is 1. The monoisotopic (exact) mass is 671 g/mol. The van der Waals surface area contributed by atoms with Crippen LogP contribution in [0.15, 0.2) is 30.3 Å². The van der Waals surface area contributed by atoms with Gasteiger partial charge >= 0.3 is 12.0 Å². The summed E-state index contributed by atoms with van der Waals surface area (Å²) in [7, 11) is 0. The van der Waals surface area contributed by atoms with Crippen LogP contribution in [0, 0.1) is 45.3 Å². The zero-order chi connectivity index (χ0) is 34.4. The molecule has 4 saturated carbocycles. The van der Waals surface area contributed by atoms with Crippen molar-refractivity contribution in [2.24, 2.45) is 45.3 Å². The standard InChI is InChI=1S/C42H61N3O4/c1-38(2)31(28-8-10-29(11-9-28)36(46)47)14-18-39(3)34(38)15-19-41(5)35(39)13-12-32-33-7-6-17-42(33,21-20-40(32,41)4)43-37(48)45-24-22-44(23-25-45)30-16-26-49-27-30/h8-11,14,30,32-35H,6-7,12-13,15-27H2,1-5H3,(H,43,48)(H,46,47)/t30?,32?,33?,34?,35?,39-,40+,41?,42?/m0/s1. The van der Waals surface area contributed by atoms with Crippen LogP contribution in [0.25, 0.3) is 5.57 Å². The predicted molar refractivity (Wildman–Crippen MR) is 193 cm³/mol. The summed E-state index contributed by atoms with van der Waals surface area (Å²) in [5.74, 6) is 1.65. The molecule has 5 aliphatic carbocycles. The van der Waals surface area contributed by atoms with E-state index in [1.54, 1.807) is 12.1 Å². The molecule has 8 rings (SSSR count). The smallest absolute Gasteiger partial charge is 0.335 e. The van der Waals surface area contributed by atoms with Crippen LogP contribution in [0.3, 0.4) is 0 Å². The molecule has 6 fully saturated rings. The minimum Gasteiger partial charge on any atom is -0.478 e. The first-order valence-electron chi connectivity index (χ1n) is 19.8. The number of benzene rings is 1. The Morgan fingerprint density at radius 2 is 1.57 bits per heavy atom. The SMILES string of the molecule is CC1(C)C(c2ccc(C(=O)O)cc2)=CC[C@@]2(C)C1CCC1(C)C2CCC2C3CCCC3(NC(=O)N3CCN(C4CCOC4)CC3)CC[C@]21C. The summed E-state index contributed by atoms with van der Waals surface area (Å²) in [6.45, 7) is 18.2. The molecule has 2 heterocycles. The van der Waals surface area contributed by atoms with E-state index in [1.165, 1.54) is 56.1 Å². The molecule has 268 valence electrons. The van der Waals surface area contributed by atoms with E-state index < -0.39 is 5.97 Å². The number of carboxylic acids is 1. The van der Waals surface area contributed by atoms with Gasteiger partial charge in [0, 0.05) is 44.4 Å². The van der Waals surface area contributed by atoms with Crippen LogP contribution in [0.5, 0.6) is 0 Å². The van der Waals surface area contributed by atoms with Crippen molar-refractivity contribution < 1.29 is 19.4 Å². The van der Waals surface area contributed by atoms with Gasteiger partial charge in [-0.1, -0.05) is 59.2 Å². The molecule has 7 aliphatic rings. The first kappa shape index (κ1) is 33.7. The highest BCUT2D eigenvalue weighted by atomic mass is 16.5. The normalized spacial score (nSPS) is 43.1. The van der Waals surface area contributed by atoms with Gasteiger partial charge in [-0.05, 0) is 133 Å². The van der Waals surface area contributed by atoms with Crippen LogP contribution in [0.4, 0.5) is 4.79 Å². The maximum Gasteiger partial charge on any atom is 0.335 e. The molecule has 7 unspecified atom stereocenters. The Hall–Kier alpha value is -2.38. The Morgan fingerprint density at radius 3 is 2.27 bits per heavy atom. The fourth-order valence-corrected chi connectivity index (χ4v) is 14.1. The molecule has 2 aliphatic heterocycles. The number of urea groups is 1. The molecule has 0 aromatic heterocycles. The Morgan fingerprint density at radius 1 is 0.816 bits per heavy atom. The number of hydrogen-bond acceptors (Lipinski definition) is 4. The van der Waals surface area contributed by atoms with Crippen molar-refractivity contribution in [2.75, 3.05) is 39.4 Å². The van der Waals surface area contributed by atoms with Gasteiger partial charge in [0.2, 0.25) is 0 Å². The number of fused-ring (bicyclic) bond motifs is 7. The summed E-state index contributed by atoms with van der Waals surface area (Å²) in [5, 5.41) is 13.3. The number of carbonyl (C=O) groups excluding carboxylic acids is 1. The van der Waals surface area contributed by atoms with E-state index in [0.29, 0.717) is 35.3 Å². The molecule has 7 heteroatoms. The van der Waals surface area contributed by atoms with E-state index in [9.17, 15) is 14.7 Å². The van der Waals surface area contributed by atoms with Crippen LogP contribution in [0.2, 0.25) is 0 Å². The van der Waals surface area contributed by atoms with Crippen molar-refractivity contribution in [1.29, 1.82) is 0 Å². The van der Waals surface area contributed by atoms with Crippen molar-refractivity contribution in [3.05, 3.63) is 41.5 Å². The molecule has 2 N–H and O–H groups in total. The molecule has 1 aromatic rings. The number of hydrogen-bond donors (Lipinski definition) is 2. The van der Waals surface area contributed by atoms with Crippen molar-refractivity contribution >= 4 is 17.6 Å². The number of ether oxygens (including phenoxy) is 1. The van der Waals surface area contributed by atoms with Crippen LogP contribution in [-0.2, 0) is 4.74 Å². The van der Waals surface area contributed by atoms with Gasteiger partial charge in [-0.25, -0.2) is 9.59 Å². The van der Waals surface area contributed by atoms with E-state index in [4.69, 9.17) is 4.74 Å². The zero-order valence-electron chi connectivity index (χ0n) is 30.9. The zero-order valence-corrected chi connectivity index (χ0v) is 30.9. The number of allylic oxidation sites excluding steroid dienone is 2. The quantitative estimate of drug-likeness (QED) is 0.338. The number of carbonyl (C=O) groups is 2. The first-order valence-corrected chi connectivity index (χ1v) is 19.8. The topological polar surface area (TPSA) is 82.1 Å². The highest BCUT2D eigenvalue weighted by molar-refractivity contribution is 5.88. The molecule has 7 nitrogen and oxygen atoms in total. The van der Waals surface area contributed by atoms with Gasteiger partial charge < -0.3 is 20.1 Å². The number of amides is 2. The second-order valence-electron chi connectivity index (χ2n) is 18.7. The third kappa shape index (κ3) is 5.01. The van der Waals surface area contributed by atoms with Crippen LogP contribution < -0.4 is 5.32 Å². The third-order valence-corrected chi connectivity index (χ3v) is 16.8. The summed E-state index contributed by atoms with van der Waals surface area (Å²) in [6.07, 6.45) is 15.9. The van der Waals surface area contributed by atoms with Gasteiger partial charge in [-0.3, -0.25) is 4.90 Å². The van der Waals surface area contributed by atoms with Crippen molar-refractivity contribution in [1.82, 2.24) is 15.1 Å². The fourth-order valence-electron chi connectivity index (χ4n) is 14.1. The van der Waals surface area contributed by atoms with Crippen molar-refractivity contribution in [3.63, 3.8) is 0 Å². The predicted octanol–water partition coefficient (Wildman–Crippen LogP) is 8.10. The molecule has 9 atom stereocenters. The van der Waals surface area contributed by atoms with Crippen LogP contribution in [-0.4, -0.2) is 77.9 Å². The van der Waals surface area contributed by atoms with E-state index in [-0.39, 0.29) is 33.2 Å². The lowest BCUT2D eigenvalue weighted by Crippen LogP contribution is -2.68. The number of nitrogens with one attached hydrogen (secondary N) is 1. The Bertz CT molecular complexity index is 1490. The summed E-state index contributed by atoms with van der Waals surface area (Å²) in [4.78, 5) is 30.1. The first-order chi connectivity index (χ1) is 23.3. The van der Waals surface area contributed by atoms with Gasteiger partial charge in [-0.2, -0.15) is 0 Å². The average molecular weight is 672 g/mol. The number of carboxylic acid groups (broad SMARTS) is 1. The van der Waals surface area contributed by atoms with E-state index in [2.05, 4.69) is 55.8 Å². The molecule has 2 saturated heterocycles. The van der Waals surface area contributed by atoms with E-state index in [0.717, 1.165) is 65.1 Å². The Balaban J connectivity index is 1.00. The average Bonchev–Trinajstić information content (AvgIpc) is 3.76. The second-order valence-corrected chi connectivity index (χ2v) is 18.7. The Labute approximate surface area is 294 Å². The Kier molecular flexibility index (Phi) is 8.15. The van der Waals surface area contributed by atoms with Gasteiger partial charge in [0.05, 0.1) is 12.2 Å². The molecule has 0 radical (unpaired) electrons. The lowest BCUT2D eigenvalue weighted by atomic mass is 9.33. The summed E-state index contributed by atoms with van der Waals surface area (Å²) in [5.41, 5.74) is 3.71. The molecular weight excluding hydrogens is 610 g/mol. The van der Waals surface area contributed by atoms with E-state index >= 15 is 0 Å². The maximum absolute atomic E-state index is 13.9. The maximum atomic E-state index is 13.9. The van der Waals surface area contributed by atoms with Crippen LogP contribution >= 0.6 is 0 Å². The molecule has 1 aromatic carbocycles.